The smallest absolute Gasteiger partial charge is 0.252 e. The van der Waals surface area contributed by atoms with Crippen LogP contribution in [0.3, 0.4) is 0 Å². The van der Waals surface area contributed by atoms with Crippen molar-refractivity contribution in [3.8, 4) is 6.07 Å². The van der Waals surface area contributed by atoms with Crippen molar-refractivity contribution in [3.63, 3.8) is 0 Å². The maximum absolute atomic E-state index is 12.1. The molecule has 0 saturated heterocycles. The molecule has 0 bridgehead atoms. The van der Waals surface area contributed by atoms with Crippen molar-refractivity contribution in [2.75, 3.05) is 0 Å². The van der Waals surface area contributed by atoms with Gasteiger partial charge in [-0.05, 0) is 31.5 Å². The maximum Gasteiger partial charge on any atom is 0.252 e. The fourth-order valence-electron chi connectivity index (χ4n) is 1.95. The molecule has 1 atom stereocenters. The highest BCUT2D eigenvalue weighted by atomic mass is 16.1. The van der Waals surface area contributed by atoms with Gasteiger partial charge in [-0.2, -0.15) is 5.26 Å². The summed E-state index contributed by atoms with van der Waals surface area (Å²) in [6.45, 7) is 3.91. The van der Waals surface area contributed by atoms with Crippen LogP contribution in [0.15, 0.2) is 48.5 Å². The van der Waals surface area contributed by atoms with E-state index in [1.54, 1.807) is 12.1 Å². The van der Waals surface area contributed by atoms with Crippen LogP contribution < -0.4 is 5.32 Å². The Bertz CT molecular complexity index is 653. The van der Waals surface area contributed by atoms with Gasteiger partial charge in [0.1, 0.15) is 6.04 Å². The fraction of sp³-hybridized carbons (Fsp3) is 0.176. The minimum atomic E-state index is -0.636. The van der Waals surface area contributed by atoms with E-state index in [9.17, 15) is 10.1 Å². The van der Waals surface area contributed by atoms with Gasteiger partial charge in [0.05, 0.1) is 6.07 Å². The van der Waals surface area contributed by atoms with E-state index in [2.05, 4.69) is 11.4 Å². The Morgan fingerprint density at radius 1 is 1.10 bits per heavy atom. The summed E-state index contributed by atoms with van der Waals surface area (Å²) in [6, 6.07) is 16.4. The van der Waals surface area contributed by atoms with Gasteiger partial charge in [-0.25, -0.2) is 0 Å². The summed E-state index contributed by atoms with van der Waals surface area (Å²) < 4.78 is 0. The molecule has 0 aromatic heterocycles. The molecule has 3 nitrogen and oxygen atoms in total. The molecule has 1 N–H and O–H groups in total. The van der Waals surface area contributed by atoms with Gasteiger partial charge in [-0.3, -0.25) is 4.79 Å². The average Bonchev–Trinajstić information content (AvgIpc) is 2.45. The molecular formula is C17H16N2O. The summed E-state index contributed by atoms with van der Waals surface area (Å²) in [6.07, 6.45) is 0. The molecule has 0 aliphatic carbocycles. The van der Waals surface area contributed by atoms with E-state index in [4.69, 9.17) is 0 Å². The number of carbonyl (C=O) groups is 1. The second-order valence-corrected chi connectivity index (χ2v) is 4.82. The lowest BCUT2D eigenvalue weighted by molar-refractivity contribution is 0.0945. The molecular weight excluding hydrogens is 248 g/mol. The number of aryl methyl sites for hydroxylation is 2. The van der Waals surface area contributed by atoms with Crippen LogP contribution in [0.25, 0.3) is 0 Å². The average molecular weight is 264 g/mol. The SMILES string of the molecule is Cc1ccc(C(C#N)NC(=O)c2cccc(C)c2)cc1. The van der Waals surface area contributed by atoms with Gasteiger partial charge in [0.2, 0.25) is 0 Å². The monoisotopic (exact) mass is 264 g/mol. The highest BCUT2D eigenvalue weighted by Crippen LogP contribution is 2.14. The molecule has 2 aromatic rings. The van der Waals surface area contributed by atoms with E-state index in [1.807, 2.05) is 50.2 Å². The predicted molar refractivity (Wildman–Crippen MR) is 78.2 cm³/mol. The van der Waals surface area contributed by atoms with Crippen molar-refractivity contribution in [2.24, 2.45) is 0 Å². The van der Waals surface area contributed by atoms with Gasteiger partial charge < -0.3 is 5.32 Å². The number of nitrogens with zero attached hydrogens (tertiary/aromatic N) is 1. The van der Waals surface area contributed by atoms with Crippen LogP contribution in [0.4, 0.5) is 0 Å². The third kappa shape index (κ3) is 3.24. The molecule has 3 heteroatoms. The molecule has 0 aliphatic heterocycles. The first-order chi connectivity index (χ1) is 9.60. The lowest BCUT2D eigenvalue weighted by Gasteiger charge is -2.12. The molecule has 0 fully saturated rings. The lowest BCUT2D eigenvalue weighted by Crippen LogP contribution is -2.27. The van der Waals surface area contributed by atoms with Crippen molar-refractivity contribution in [3.05, 3.63) is 70.8 Å². The second kappa shape index (κ2) is 6.03. The van der Waals surface area contributed by atoms with Crippen molar-refractivity contribution in [1.29, 1.82) is 5.26 Å². The normalized spacial score (nSPS) is 11.4. The molecule has 1 unspecified atom stereocenters. The molecule has 2 rings (SSSR count). The topological polar surface area (TPSA) is 52.9 Å². The number of benzene rings is 2. The zero-order valence-corrected chi connectivity index (χ0v) is 11.6. The zero-order valence-electron chi connectivity index (χ0n) is 11.6. The predicted octanol–water partition coefficient (Wildman–Crippen LogP) is 3.30. The standard InChI is InChI=1S/C17H16N2O/c1-12-6-8-14(9-7-12)16(11-18)19-17(20)15-5-3-4-13(2)10-15/h3-10,16H,1-2H3,(H,19,20). The minimum Gasteiger partial charge on any atom is -0.333 e. The minimum absolute atomic E-state index is 0.235. The molecule has 0 heterocycles. The van der Waals surface area contributed by atoms with E-state index in [-0.39, 0.29) is 5.91 Å². The van der Waals surface area contributed by atoms with Crippen molar-refractivity contribution in [1.82, 2.24) is 5.32 Å². The molecule has 20 heavy (non-hydrogen) atoms. The summed E-state index contributed by atoms with van der Waals surface area (Å²) in [7, 11) is 0. The maximum atomic E-state index is 12.1. The quantitative estimate of drug-likeness (QED) is 0.924. The van der Waals surface area contributed by atoms with E-state index in [0.29, 0.717) is 5.56 Å². The number of rotatable bonds is 3. The number of nitrogens with one attached hydrogen (secondary N) is 1. The Labute approximate surface area is 118 Å². The second-order valence-electron chi connectivity index (χ2n) is 4.82. The van der Waals surface area contributed by atoms with Gasteiger partial charge in [0.15, 0.2) is 0 Å². The van der Waals surface area contributed by atoms with Crippen LogP contribution in [-0.4, -0.2) is 5.91 Å². The lowest BCUT2D eigenvalue weighted by atomic mass is 10.1. The van der Waals surface area contributed by atoms with Crippen molar-refractivity contribution >= 4 is 5.91 Å². The van der Waals surface area contributed by atoms with Crippen LogP contribution in [0.5, 0.6) is 0 Å². The number of nitriles is 1. The Balaban J connectivity index is 2.17. The number of hydrogen-bond donors (Lipinski definition) is 1. The van der Waals surface area contributed by atoms with E-state index >= 15 is 0 Å². The van der Waals surface area contributed by atoms with Crippen LogP contribution in [-0.2, 0) is 0 Å². The first-order valence-corrected chi connectivity index (χ1v) is 6.44. The van der Waals surface area contributed by atoms with Crippen molar-refractivity contribution < 1.29 is 4.79 Å². The Morgan fingerprint density at radius 2 is 1.80 bits per heavy atom. The van der Waals surface area contributed by atoms with Gasteiger partial charge in [0, 0.05) is 5.56 Å². The van der Waals surface area contributed by atoms with Crippen LogP contribution in [0, 0.1) is 25.2 Å². The molecule has 0 aliphatic rings. The van der Waals surface area contributed by atoms with E-state index in [0.717, 1.165) is 16.7 Å². The molecule has 0 saturated carbocycles. The Hall–Kier alpha value is -2.60. The molecule has 100 valence electrons. The summed E-state index contributed by atoms with van der Waals surface area (Å²) in [5, 5.41) is 12.0. The Kier molecular flexibility index (Phi) is 4.17. The van der Waals surface area contributed by atoms with Gasteiger partial charge in [-0.1, -0.05) is 47.5 Å². The summed E-state index contributed by atoms with van der Waals surface area (Å²) in [4.78, 5) is 12.1. The third-order valence-electron chi connectivity index (χ3n) is 3.10. The summed E-state index contributed by atoms with van der Waals surface area (Å²) >= 11 is 0. The number of carbonyl (C=O) groups excluding carboxylic acids is 1. The zero-order chi connectivity index (χ0) is 14.5. The van der Waals surface area contributed by atoms with E-state index in [1.165, 1.54) is 0 Å². The molecule has 0 spiro atoms. The first kappa shape index (κ1) is 13.8. The molecule has 0 radical (unpaired) electrons. The summed E-state index contributed by atoms with van der Waals surface area (Å²) in [5.74, 6) is -0.235. The summed E-state index contributed by atoms with van der Waals surface area (Å²) in [5.41, 5.74) is 3.49. The van der Waals surface area contributed by atoms with Gasteiger partial charge in [-0.15, -0.1) is 0 Å². The van der Waals surface area contributed by atoms with Crippen LogP contribution in [0.2, 0.25) is 0 Å². The third-order valence-corrected chi connectivity index (χ3v) is 3.10. The highest BCUT2D eigenvalue weighted by molar-refractivity contribution is 5.94. The van der Waals surface area contributed by atoms with E-state index < -0.39 is 6.04 Å². The number of amides is 1. The highest BCUT2D eigenvalue weighted by Gasteiger charge is 2.14. The Morgan fingerprint density at radius 3 is 2.40 bits per heavy atom. The van der Waals surface area contributed by atoms with Crippen LogP contribution >= 0.6 is 0 Å². The fourth-order valence-corrected chi connectivity index (χ4v) is 1.95. The van der Waals surface area contributed by atoms with Gasteiger partial charge in [0.25, 0.3) is 5.91 Å². The van der Waals surface area contributed by atoms with Crippen LogP contribution in [0.1, 0.15) is 33.1 Å². The molecule has 1 amide bonds. The number of hydrogen-bond acceptors (Lipinski definition) is 2. The largest absolute Gasteiger partial charge is 0.333 e. The van der Waals surface area contributed by atoms with Gasteiger partial charge >= 0.3 is 0 Å². The van der Waals surface area contributed by atoms with Crippen molar-refractivity contribution in [2.45, 2.75) is 19.9 Å². The molecule has 2 aromatic carbocycles. The first-order valence-electron chi connectivity index (χ1n) is 6.44.